The maximum atomic E-state index is 14.6. The molecule has 0 radical (unpaired) electrons. The van der Waals surface area contributed by atoms with Gasteiger partial charge in [0, 0.05) is 45.1 Å². The molecule has 0 spiro atoms. The highest BCUT2D eigenvalue weighted by Crippen LogP contribution is 2.29. The van der Waals surface area contributed by atoms with Crippen molar-refractivity contribution in [3.8, 4) is 0 Å². The SMILES string of the molecule is CC.CCCc1cc(CNc2cncc(F)c2N2CCNCC2)cc2nccnc12. The van der Waals surface area contributed by atoms with Crippen LogP contribution in [0.3, 0.4) is 0 Å². The molecule has 0 saturated carbocycles. The first-order chi connectivity index (χ1) is 14.8. The Bertz CT molecular complexity index is 956. The predicted octanol–water partition coefficient (Wildman–Crippen LogP) is 4.16. The third kappa shape index (κ3) is 5.02. The van der Waals surface area contributed by atoms with Gasteiger partial charge in [0.25, 0.3) is 0 Å². The van der Waals surface area contributed by atoms with E-state index in [2.05, 4.69) is 43.5 Å². The summed E-state index contributed by atoms with van der Waals surface area (Å²) in [6.45, 7) is 10.00. The van der Waals surface area contributed by atoms with Crippen LogP contribution in [0.5, 0.6) is 0 Å². The van der Waals surface area contributed by atoms with Crippen LogP contribution in [0.1, 0.15) is 38.3 Å². The van der Waals surface area contributed by atoms with Crippen LogP contribution in [0, 0.1) is 5.82 Å². The minimum Gasteiger partial charge on any atom is -0.378 e. The molecule has 0 aliphatic carbocycles. The highest BCUT2D eigenvalue weighted by Gasteiger charge is 2.19. The Morgan fingerprint density at radius 2 is 1.87 bits per heavy atom. The summed E-state index contributed by atoms with van der Waals surface area (Å²) in [6.07, 6.45) is 8.44. The molecular formula is C23H31FN6. The van der Waals surface area contributed by atoms with Crippen molar-refractivity contribution in [2.45, 2.75) is 40.2 Å². The van der Waals surface area contributed by atoms with Crippen molar-refractivity contribution in [3.63, 3.8) is 0 Å². The van der Waals surface area contributed by atoms with E-state index in [0.29, 0.717) is 12.2 Å². The van der Waals surface area contributed by atoms with E-state index in [9.17, 15) is 4.39 Å². The minimum atomic E-state index is -0.289. The van der Waals surface area contributed by atoms with Crippen molar-refractivity contribution >= 4 is 22.4 Å². The number of hydrogen-bond donors (Lipinski definition) is 2. The maximum Gasteiger partial charge on any atom is 0.166 e. The number of piperazine rings is 1. The molecule has 6 nitrogen and oxygen atoms in total. The Morgan fingerprint density at radius 1 is 1.10 bits per heavy atom. The van der Waals surface area contributed by atoms with Crippen molar-refractivity contribution in [2.24, 2.45) is 0 Å². The number of pyridine rings is 1. The predicted molar refractivity (Wildman–Crippen MR) is 121 cm³/mol. The first kappa shape index (κ1) is 21.9. The Morgan fingerprint density at radius 3 is 2.63 bits per heavy atom. The molecule has 3 heterocycles. The van der Waals surface area contributed by atoms with Gasteiger partial charge in [-0.2, -0.15) is 0 Å². The molecule has 1 saturated heterocycles. The molecule has 1 aliphatic heterocycles. The molecule has 2 N–H and O–H groups in total. The highest BCUT2D eigenvalue weighted by molar-refractivity contribution is 5.79. The monoisotopic (exact) mass is 410 g/mol. The third-order valence-corrected chi connectivity index (χ3v) is 5.02. The van der Waals surface area contributed by atoms with E-state index in [0.717, 1.165) is 61.3 Å². The number of aromatic nitrogens is 3. The number of nitrogens with zero attached hydrogens (tertiary/aromatic N) is 4. The van der Waals surface area contributed by atoms with Gasteiger partial charge in [0.05, 0.1) is 34.8 Å². The Kier molecular flexibility index (Phi) is 7.90. The molecule has 2 aromatic heterocycles. The van der Waals surface area contributed by atoms with Gasteiger partial charge in [-0.1, -0.05) is 33.3 Å². The summed E-state index contributed by atoms with van der Waals surface area (Å²) in [5, 5.41) is 6.69. The number of rotatable bonds is 6. The molecule has 0 atom stereocenters. The molecule has 0 bridgehead atoms. The molecule has 3 aromatic rings. The topological polar surface area (TPSA) is 66.0 Å². The van der Waals surface area contributed by atoms with Gasteiger partial charge in [0.2, 0.25) is 0 Å². The fraction of sp³-hybridized carbons (Fsp3) is 0.435. The van der Waals surface area contributed by atoms with Gasteiger partial charge >= 0.3 is 0 Å². The lowest BCUT2D eigenvalue weighted by atomic mass is 10.0. The molecule has 30 heavy (non-hydrogen) atoms. The fourth-order valence-electron chi connectivity index (χ4n) is 3.74. The van der Waals surface area contributed by atoms with Crippen LogP contribution in [0.25, 0.3) is 11.0 Å². The van der Waals surface area contributed by atoms with Crippen LogP contribution in [0.15, 0.2) is 36.9 Å². The lowest BCUT2D eigenvalue weighted by molar-refractivity contribution is 0.564. The van der Waals surface area contributed by atoms with Crippen molar-refractivity contribution in [1.29, 1.82) is 0 Å². The van der Waals surface area contributed by atoms with Crippen LogP contribution in [0.4, 0.5) is 15.8 Å². The van der Waals surface area contributed by atoms with E-state index in [1.807, 2.05) is 19.9 Å². The van der Waals surface area contributed by atoms with Gasteiger partial charge in [0.15, 0.2) is 5.82 Å². The van der Waals surface area contributed by atoms with E-state index < -0.39 is 0 Å². The van der Waals surface area contributed by atoms with Gasteiger partial charge in [0.1, 0.15) is 0 Å². The van der Waals surface area contributed by atoms with Crippen LogP contribution in [0.2, 0.25) is 0 Å². The molecule has 0 unspecified atom stereocenters. The molecular weight excluding hydrogens is 379 g/mol. The second kappa shape index (κ2) is 10.8. The second-order valence-corrected chi connectivity index (χ2v) is 7.04. The van der Waals surface area contributed by atoms with Crippen LogP contribution >= 0.6 is 0 Å². The molecule has 7 heteroatoms. The number of anilines is 2. The first-order valence-electron chi connectivity index (χ1n) is 10.8. The summed E-state index contributed by atoms with van der Waals surface area (Å²) in [5.41, 5.74) is 5.48. The number of fused-ring (bicyclic) bond motifs is 1. The zero-order valence-electron chi connectivity index (χ0n) is 18.1. The van der Waals surface area contributed by atoms with Crippen molar-refractivity contribution in [2.75, 3.05) is 36.4 Å². The van der Waals surface area contributed by atoms with Gasteiger partial charge in [-0.15, -0.1) is 0 Å². The van der Waals surface area contributed by atoms with Crippen molar-refractivity contribution in [1.82, 2.24) is 20.3 Å². The van der Waals surface area contributed by atoms with Crippen LogP contribution in [-0.4, -0.2) is 41.1 Å². The largest absolute Gasteiger partial charge is 0.378 e. The number of hydrogen-bond acceptors (Lipinski definition) is 6. The summed E-state index contributed by atoms with van der Waals surface area (Å²) >= 11 is 0. The lowest BCUT2D eigenvalue weighted by Gasteiger charge is -2.31. The quantitative estimate of drug-likeness (QED) is 0.636. The highest BCUT2D eigenvalue weighted by atomic mass is 19.1. The number of benzene rings is 1. The number of nitrogens with one attached hydrogen (secondary N) is 2. The molecule has 1 aliphatic rings. The van der Waals surface area contributed by atoms with Crippen molar-refractivity contribution < 1.29 is 4.39 Å². The van der Waals surface area contributed by atoms with Gasteiger partial charge < -0.3 is 15.5 Å². The van der Waals surface area contributed by atoms with Crippen LogP contribution in [-0.2, 0) is 13.0 Å². The Hall–Kier alpha value is -2.80. The lowest BCUT2D eigenvalue weighted by Crippen LogP contribution is -2.44. The van der Waals surface area contributed by atoms with E-state index >= 15 is 0 Å². The smallest absolute Gasteiger partial charge is 0.166 e. The molecule has 1 aromatic carbocycles. The fourth-order valence-corrected chi connectivity index (χ4v) is 3.74. The van der Waals surface area contributed by atoms with E-state index in [1.165, 1.54) is 11.8 Å². The summed E-state index contributed by atoms with van der Waals surface area (Å²) < 4.78 is 14.6. The summed E-state index contributed by atoms with van der Waals surface area (Å²) in [6, 6.07) is 4.22. The molecule has 160 valence electrons. The minimum absolute atomic E-state index is 0.289. The molecule has 0 amide bonds. The van der Waals surface area contributed by atoms with Gasteiger partial charge in [-0.05, 0) is 23.6 Å². The maximum absolute atomic E-state index is 14.6. The number of aryl methyl sites for hydroxylation is 1. The first-order valence-corrected chi connectivity index (χ1v) is 10.8. The summed E-state index contributed by atoms with van der Waals surface area (Å²) in [7, 11) is 0. The van der Waals surface area contributed by atoms with E-state index in [1.54, 1.807) is 18.6 Å². The molecule has 4 rings (SSSR count). The Balaban J connectivity index is 0.00000124. The summed E-state index contributed by atoms with van der Waals surface area (Å²) in [4.78, 5) is 15.1. The normalized spacial score (nSPS) is 13.7. The second-order valence-electron chi connectivity index (χ2n) is 7.04. The summed E-state index contributed by atoms with van der Waals surface area (Å²) in [5.74, 6) is -0.289. The van der Waals surface area contributed by atoms with Gasteiger partial charge in [-0.25, -0.2) is 4.39 Å². The third-order valence-electron chi connectivity index (χ3n) is 5.02. The molecule has 1 fully saturated rings. The zero-order chi connectivity index (χ0) is 21.3. The average Bonchev–Trinajstić information content (AvgIpc) is 2.80. The zero-order valence-corrected chi connectivity index (χ0v) is 18.1. The average molecular weight is 411 g/mol. The van der Waals surface area contributed by atoms with Crippen LogP contribution < -0.4 is 15.5 Å². The van der Waals surface area contributed by atoms with E-state index in [4.69, 9.17) is 0 Å². The van der Waals surface area contributed by atoms with E-state index in [-0.39, 0.29) is 5.82 Å². The standard InChI is InChI=1S/C21H25FN6.C2H6/c1-2-3-16-10-15(11-18-20(16)26-5-4-25-18)12-27-19-14-24-13-17(22)21(19)28-8-6-23-7-9-28;1-2/h4-5,10-11,13-14,23,27H,2-3,6-9,12H2,1H3;1-2H3. The van der Waals surface area contributed by atoms with Crippen molar-refractivity contribution in [3.05, 3.63) is 53.9 Å². The number of halogens is 1. The Labute approximate surface area is 178 Å². The van der Waals surface area contributed by atoms with Gasteiger partial charge in [-0.3, -0.25) is 15.0 Å².